The minimum atomic E-state index is -0.663. The third-order valence-corrected chi connectivity index (χ3v) is 7.01. The van der Waals surface area contributed by atoms with Crippen LogP contribution in [-0.4, -0.2) is 52.9 Å². The molecule has 0 aromatic heterocycles. The summed E-state index contributed by atoms with van der Waals surface area (Å²) in [6.45, 7) is 1.87. The molecule has 0 N–H and O–H groups in total. The van der Waals surface area contributed by atoms with Gasteiger partial charge in [0.05, 0.1) is 11.5 Å². The van der Waals surface area contributed by atoms with Gasteiger partial charge < -0.3 is 4.90 Å². The maximum absolute atomic E-state index is 13.8. The summed E-state index contributed by atoms with van der Waals surface area (Å²) in [5.74, 6) is -2.28. The maximum atomic E-state index is 13.8. The van der Waals surface area contributed by atoms with E-state index >= 15 is 0 Å². The van der Waals surface area contributed by atoms with Crippen LogP contribution in [0.25, 0.3) is 0 Å². The number of amides is 2. The second kappa shape index (κ2) is 7.78. The van der Waals surface area contributed by atoms with E-state index in [1.165, 1.54) is 18.2 Å². The van der Waals surface area contributed by atoms with E-state index < -0.39 is 28.9 Å². The third-order valence-electron chi connectivity index (χ3n) is 6.79. The molecule has 2 aromatic rings. The minimum Gasteiger partial charge on any atom is -0.339 e. The Balaban J connectivity index is 1.32. The summed E-state index contributed by atoms with van der Waals surface area (Å²) >= 11 is 5.88. The summed E-state index contributed by atoms with van der Waals surface area (Å²) in [6, 6.07) is 6.71. The average molecular weight is 464 g/mol. The largest absolute Gasteiger partial charge is 0.339 e. The number of fused-ring (bicyclic) bond motifs is 1. The first-order chi connectivity index (χ1) is 15.3. The number of carbonyl (C=O) groups is 2. The fourth-order valence-corrected chi connectivity index (χ4v) is 5.45. The topological polar surface area (TPSA) is 43.9 Å². The van der Waals surface area contributed by atoms with Crippen LogP contribution in [0.5, 0.6) is 0 Å². The number of halogens is 4. The lowest BCUT2D eigenvalue weighted by atomic mass is 9.77. The highest BCUT2D eigenvalue weighted by atomic mass is 35.5. The zero-order chi connectivity index (χ0) is 22.6. The van der Waals surface area contributed by atoms with Crippen molar-refractivity contribution in [3.63, 3.8) is 0 Å². The molecule has 1 atom stereocenters. The van der Waals surface area contributed by atoms with E-state index in [0.29, 0.717) is 51.0 Å². The van der Waals surface area contributed by atoms with Crippen LogP contribution in [0.3, 0.4) is 0 Å². The number of nitrogens with zero attached hydrogens (tertiary/aromatic N) is 3. The Morgan fingerprint density at radius 1 is 0.938 bits per heavy atom. The van der Waals surface area contributed by atoms with E-state index in [0.717, 1.165) is 18.2 Å². The number of benzene rings is 2. The normalized spacial score (nSPS) is 22.6. The lowest BCUT2D eigenvalue weighted by Crippen LogP contribution is -2.48. The SMILES string of the molecule is O=C(c1cc(F)cc(Cl)c1)N1CCC2(CC1)CN1CC[C@@H](c3cc(F)cc(F)c3)N1C2=O. The van der Waals surface area contributed by atoms with E-state index in [9.17, 15) is 22.8 Å². The van der Waals surface area contributed by atoms with Crippen molar-refractivity contribution in [2.75, 3.05) is 26.2 Å². The van der Waals surface area contributed by atoms with Crippen molar-refractivity contribution in [2.45, 2.75) is 25.3 Å². The van der Waals surface area contributed by atoms with Gasteiger partial charge in [0.15, 0.2) is 0 Å². The summed E-state index contributed by atoms with van der Waals surface area (Å²) in [4.78, 5) is 27.9. The Hall–Kier alpha value is -2.58. The Morgan fingerprint density at radius 3 is 2.25 bits per heavy atom. The number of hydrogen-bond acceptors (Lipinski definition) is 3. The van der Waals surface area contributed by atoms with Crippen LogP contribution >= 0.6 is 11.6 Å². The van der Waals surface area contributed by atoms with E-state index in [4.69, 9.17) is 11.6 Å². The van der Waals surface area contributed by atoms with Gasteiger partial charge in [-0.05, 0) is 55.2 Å². The van der Waals surface area contributed by atoms with Gasteiger partial charge >= 0.3 is 0 Å². The van der Waals surface area contributed by atoms with Gasteiger partial charge in [0.2, 0.25) is 5.91 Å². The first kappa shape index (κ1) is 21.3. The predicted octanol–water partition coefficient (Wildman–Crippen LogP) is 4.18. The summed E-state index contributed by atoms with van der Waals surface area (Å²) in [5.41, 5.74) is -0.00627. The second-order valence-electron chi connectivity index (χ2n) is 8.78. The van der Waals surface area contributed by atoms with Crippen molar-refractivity contribution in [1.82, 2.24) is 14.9 Å². The highest BCUT2D eigenvalue weighted by Crippen LogP contribution is 2.47. The summed E-state index contributed by atoms with van der Waals surface area (Å²) < 4.78 is 41.2. The van der Waals surface area contributed by atoms with Crippen LogP contribution < -0.4 is 0 Å². The first-order valence-electron chi connectivity index (χ1n) is 10.6. The van der Waals surface area contributed by atoms with Crippen molar-refractivity contribution in [3.05, 3.63) is 70.0 Å². The van der Waals surface area contributed by atoms with E-state index in [-0.39, 0.29) is 22.4 Å². The molecule has 2 amide bonds. The highest BCUT2D eigenvalue weighted by Gasteiger charge is 2.56. The lowest BCUT2D eigenvalue weighted by molar-refractivity contribution is -0.144. The standard InChI is InChI=1S/C23H21ClF3N3O2/c24-16-7-15(10-17(25)11-16)21(31)28-5-2-23(3-6-28)13-29-4-1-20(30(29)22(23)32)14-8-18(26)12-19(27)9-14/h7-12,20H,1-6,13H2/t20-/m0/s1. The predicted molar refractivity (Wildman–Crippen MR) is 111 cm³/mol. The van der Waals surface area contributed by atoms with Gasteiger partial charge in [0.25, 0.3) is 5.91 Å². The average Bonchev–Trinajstić information content (AvgIpc) is 3.25. The van der Waals surface area contributed by atoms with Crippen molar-refractivity contribution in [1.29, 1.82) is 0 Å². The number of hydrogen-bond donors (Lipinski definition) is 0. The molecule has 3 aliphatic rings. The molecule has 1 spiro atoms. The molecule has 0 radical (unpaired) electrons. The Morgan fingerprint density at radius 2 is 1.59 bits per heavy atom. The molecule has 5 nitrogen and oxygen atoms in total. The van der Waals surface area contributed by atoms with Crippen molar-refractivity contribution >= 4 is 23.4 Å². The molecule has 3 saturated heterocycles. The van der Waals surface area contributed by atoms with Crippen LogP contribution in [0.15, 0.2) is 36.4 Å². The van der Waals surface area contributed by atoms with Crippen LogP contribution in [0.4, 0.5) is 13.2 Å². The van der Waals surface area contributed by atoms with Gasteiger partial charge in [-0.3, -0.25) is 14.6 Å². The van der Waals surface area contributed by atoms with E-state index in [2.05, 4.69) is 0 Å². The molecule has 3 heterocycles. The second-order valence-corrected chi connectivity index (χ2v) is 9.21. The highest BCUT2D eigenvalue weighted by molar-refractivity contribution is 6.31. The molecular weight excluding hydrogens is 443 g/mol. The number of hydrazine groups is 1. The van der Waals surface area contributed by atoms with Gasteiger partial charge in [0.1, 0.15) is 17.5 Å². The third kappa shape index (κ3) is 3.55. The molecule has 32 heavy (non-hydrogen) atoms. The molecule has 0 aliphatic carbocycles. The van der Waals surface area contributed by atoms with E-state index in [1.807, 2.05) is 5.01 Å². The molecule has 2 aromatic carbocycles. The molecule has 5 rings (SSSR count). The number of likely N-dealkylation sites (tertiary alicyclic amines) is 1. The minimum absolute atomic E-state index is 0.0643. The van der Waals surface area contributed by atoms with Crippen LogP contribution in [0, 0.1) is 22.9 Å². The quantitative estimate of drug-likeness (QED) is 0.671. The van der Waals surface area contributed by atoms with Crippen LogP contribution in [0.2, 0.25) is 5.02 Å². The molecule has 3 fully saturated rings. The van der Waals surface area contributed by atoms with Crippen LogP contribution in [-0.2, 0) is 4.79 Å². The van der Waals surface area contributed by atoms with Gasteiger partial charge in [-0.25, -0.2) is 18.2 Å². The molecule has 0 saturated carbocycles. The number of rotatable bonds is 2. The molecule has 3 aliphatic heterocycles. The van der Waals surface area contributed by atoms with Crippen molar-refractivity contribution in [2.24, 2.45) is 5.41 Å². The number of piperidine rings is 1. The first-order valence-corrected chi connectivity index (χ1v) is 10.9. The lowest BCUT2D eigenvalue weighted by Gasteiger charge is -2.38. The summed E-state index contributed by atoms with van der Waals surface area (Å²) in [6.07, 6.45) is 1.55. The molecule has 9 heteroatoms. The fraction of sp³-hybridized carbons (Fsp3) is 0.391. The molecule has 0 bridgehead atoms. The van der Waals surface area contributed by atoms with Gasteiger partial charge in [-0.15, -0.1) is 0 Å². The molecule has 0 unspecified atom stereocenters. The Labute approximate surface area is 188 Å². The van der Waals surface area contributed by atoms with Gasteiger partial charge in [-0.2, -0.15) is 0 Å². The number of carbonyl (C=O) groups excluding carboxylic acids is 2. The smallest absolute Gasteiger partial charge is 0.254 e. The maximum Gasteiger partial charge on any atom is 0.254 e. The molecular formula is C23H21ClF3N3O2. The summed E-state index contributed by atoms with van der Waals surface area (Å²) in [7, 11) is 0. The van der Waals surface area contributed by atoms with Gasteiger partial charge in [-0.1, -0.05) is 11.6 Å². The van der Waals surface area contributed by atoms with Crippen LogP contribution in [0.1, 0.15) is 41.2 Å². The van der Waals surface area contributed by atoms with Gasteiger partial charge in [0, 0.05) is 42.8 Å². The zero-order valence-corrected chi connectivity index (χ0v) is 17.9. The Bertz CT molecular complexity index is 1060. The zero-order valence-electron chi connectivity index (χ0n) is 17.2. The van der Waals surface area contributed by atoms with Crippen molar-refractivity contribution in [3.8, 4) is 0 Å². The fourth-order valence-electron chi connectivity index (χ4n) is 5.23. The molecule has 168 valence electrons. The monoisotopic (exact) mass is 463 g/mol. The summed E-state index contributed by atoms with van der Waals surface area (Å²) in [5, 5.41) is 3.76. The van der Waals surface area contributed by atoms with E-state index in [1.54, 1.807) is 9.91 Å². The van der Waals surface area contributed by atoms with Crippen molar-refractivity contribution < 1.29 is 22.8 Å². The Kier molecular flexibility index (Phi) is 5.17.